The number of nitrogens with zero attached hydrogens (tertiary/aromatic N) is 3. The van der Waals surface area contributed by atoms with Gasteiger partial charge in [0.25, 0.3) is 0 Å². The van der Waals surface area contributed by atoms with E-state index in [0.29, 0.717) is 24.4 Å². The highest BCUT2D eigenvalue weighted by atomic mass is 16.5. The lowest BCUT2D eigenvalue weighted by Gasteiger charge is -2.30. The Bertz CT molecular complexity index is 392. The summed E-state index contributed by atoms with van der Waals surface area (Å²) >= 11 is 0. The van der Waals surface area contributed by atoms with Gasteiger partial charge in [0.15, 0.2) is 0 Å². The Kier molecular flexibility index (Phi) is 5.79. The summed E-state index contributed by atoms with van der Waals surface area (Å²) in [7, 11) is 0. The third kappa shape index (κ3) is 4.45. The summed E-state index contributed by atoms with van der Waals surface area (Å²) in [5.41, 5.74) is 0. The fourth-order valence-electron chi connectivity index (χ4n) is 2.40. The second kappa shape index (κ2) is 7.59. The van der Waals surface area contributed by atoms with Gasteiger partial charge in [-0.3, -0.25) is 0 Å². The Labute approximate surface area is 120 Å². The first-order valence-corrected chi connectivity index (χ1v) is 7.58. The van der Waals surface area contributed by atoms with Crippen LogP contribution in [-0.4, -0.2) is 42.5 Å². The second-order valence-corrected chi connectivity index (χ2v) is 5.67. The quantitative estimate of drug-likeness (QED) is 0.823. The van der Waals surface area contributed by atoms with Gasteiger partial charge in [-0.2, -0.15) is 0 Å². The zero-order valence-corrected chi connectivity index (χ0v) is 12.8. The van der Waals surface area contributed by atoms with Crippen molar-refractivity contribution in [2.45, 2.75) is 46.3 Å². The molecule has 0 aromatic carbocycles. The summed E-state index contributed by atoms with van der Waals surface area (Å²) < 4.78 is 11.4. The third-order valence-electron chi connectivity index (χ3n) is 3.34. The molecule has 6 heteroatoms. The van der Waals surface area contributed by atoms with Crippen molar-refractivity contribution >= 4 is 6.01 Å². The average Bonchev–Trinajstić information content (AvgIpc) is 2.88. The molecule has 0 spiro atoms. The molecule has 1 saturated heterocycles. The van der Waals surface area contributed by atoms with E-state index in [1.807, 2.05) is 6.92 Å². The number of rotatable bonds is 7. The number of ether oxygens (including phenoxy) is 1. The maximum Gasteiger partial charge on any atom is 0.318 e. The van der Waals surface area contributed by atoms with Gasteiger partial charge in [0.05, 0.1) is 12.6 Å². The molecule has 20 heavy (non-hydrogen) atoms. The van der Waals surface area contributed by atoms with Gasteiger partial charge in [0.2, 0.25) is 5.89 Å². The lowest BCUT2D eigenvalue weighted by Crippen LogP contribution is -2.39. The normalized spacial score (nSPS) is 19.8. The molecule has 6 nitrogen and oxygen atoms in total. The molecular formula is C14H26N4O2. The van der Waals surface area contributed by atoms with E-state index in [-0.39, 0.29) is 6.10 Å². The van der Waals surface area contributed by atoms with Crippen LogP contribution in [0.3, 0.4) is 0 Å². The molecule has 1 aliphatic heterocycles. The van der Waals surface area contributed by atoms with E-state index >= 15 is 0 Å². The van der Waals surface area contributed by atoms with E-state index in [0.717, 1.165) is 39.1 Å². The Morgan fingerprint density at radius 2 is 2.30 bits per heavy atom. The molecular weight excluding hydrogens is 256 g/mol. The Balaban J connectivity index is 1.84. The van der Waals surface area contributed by atoms with Gasteiger partial charge in [-0.25, -0.2) is 0 Å². The second-order valence-electron chi connectivity index (χ2n) is 5.67. The van der Waals surface area contributed by atoms with Crippen molar-refractivity contribution in [1.82, 2.24) is 15.5 Å². The molecule has 0 radical (unpaired) electrons. The van der Waals surface area contributed by atoms with Gasteiger partial charge in [0.1, 0.15) is 0 Å². The van der Waals surface area contributed by atoms with Gasteiger partial charge in [-0.15, -0.1) is 5.10 Å². The van der Waals surface area contributed by atoms with E-state index in [4.69, 9.17) is 9.15 Å². The molecule has 114 valence electrons. The minimum atomic E-state index is 0.281. The third-order valence-corrected chi connectivity index (χ3v) is 3.34. The van der Waals surface area contributed by atoms with E-state index in [1.165, 1.54) is 0 Å². The Hall–Kier alpha value is -1.14. The smallest absolute Gasteiger partial charge is 0.318 e. The van der Waals surface area contributed by atoms with Crippen LogP contribution in [0.1, 0.15) is 39.5 Å². The number of nitrogens with one attached hydrogen (secondary N) is 1. The average molecular weight is 282 g/mol. The van der Waals surface area contributed by atoms with Crippen LogP contribution in [0.4, 0.5) is 6.01 Å². The van der Waals surface area contributed by atoms with Crippen LogP contribution in [0, 0.1) is 5.92 Å². The lowest BCUT2D eigenvalue weighted by molar-refractivity contribution is 0.0516. The summed E-state index contributed by atoms with van der Waals surface area (Å²) in [5.74, 6) is 1.27. The van der Waals surface area contributed by atoms with E-state index in [2.05, 4.69) is 34.3 Å². The van der Waals surface area contributed by atoms with Crippen LogP contribution in [0.15, 0.2) is 4.42 Å². The molecule has 0 saturated carbocycles. The number of hydrogen-bond donors (Lipinski definition) is 1. The molecule has 1 N–H and O–H groups in total. The van der Waals surface area contributed by atoms with Crippen LogP contribution < -0.4 is 10.2 Å². The van der Waals surface area contributed by atoms with Crippen molar-refractivity contribution in [2.24, 2.45) is 5.92 Å². The fourth-order valence-corrected chi connectivity index (χ4v) is 2.40. The Morgan fingerprint density at radius 1 is 1.45 bits per heavy atom. The molecule has 0 amide bonds. The zero-order chi connectivity index (χ0) is 14.4. The van der Waals surface area contributed by atoms with Gasteiger partial charge in [0, 0.05) is 19.7 Å². The van der Waals surface area contributed by atoms with Crippen LogP contribution in [0.2, 0.25) is 0 Å². The topological polar surface area (TPSA) is 63.4 Å². The highest BCUT2D eigenvalue weighted by Crippen LogP contribution is 2.20. The van der Waals surface area contributed by atoms with Crippen molar-refractivity contribution in [1.29, 1.82) is 0 Å². The summed E-state index contributed by atoms with van der Waals surface area (Å²) in [5, 5.41) is 11.6. The van der Waals surface area contributed by atoms with E-state index in [9.17, 15) is 0 Å². The first-order chi connectivity index (χ1) is 9.69. The maximum atomic E-state index is 5.72. The highest BCUT2D eigenvalue weighted by Gasteiger charge is 2.23. The summed E-state index contributed by atoms with van der Waals surface area (Å²) in [6.07, 6.45) is 2.50. The molecule has 1 unspecified atom stereocenters. The highest BCUT2D eigenvalue weighted by molar-refractivity contribution is 5.25. The minimum absolute atomic E-state index is 0.281. The van der Waals surface area contributed by atoms with Crippen LogP contribution in [0.5, 0.6) is 0 Å². The first kappa shape index (κ1) is 15.3. The lowest BCUT2D eigenvalue weighted by atomic mass is 10.1. The molecule has 0 aliphatic carbocycles. The molecule has 1 atom stereocenters. The predicted octanol–water partition coefficient (Wildman–Crippen LogP) is 1.82. The Morgan fingerprint density at radius 3 is 3.05 bits per heavy atom. The number of hydrogen-bond acceptors (Lipinski definition) is 6. The SMILES string of the molecule is CCOC1CCCN(c2nnc(CNCC(C)C)o2)C1. The molecule has 1 aliphatic rings. The molecule has 1 fully saturated rings. The predicted molar refractivity (Wildman–Crippen MR) is 77.7 cm³/mol. The zero-order valence-electron chi connectivity index (χ0n) is 12.8. The maximum absolute atomic E-state index is 5.72. The number of aromatic nitrogens is 2. The van der Waals surface area contributed by atoms with Gasteiger partial charge in [-0.05, 0) is 32.2 Å². The largest absolute Gasteiger partial charge is 0.407 e. The van der Waals surface area contributed by atoms with Crippen molar-refractivity contribution in [3.05, 3.63) is 5.89 Å². The van der Waals surface area contributed by atoms with Gasteiger partial charge in [-0.1, -0.05) is 18.9 Å². The fraction of sp³-hybridized carbons (Fsp3) is 0.857. The molecule has 2 rings (SSSR count). The summed E-state index contributed by atoms with van der Waals surface area (Å²) in [6.45, 7) is 10.5. The molecule has 0 bridgehead atoms. The van der Waals surface area contributed by atoms with Crippen molar-refractivity contribution in [3.63, 3.8) is 0 Å². The van der Waals surface area contributed by atoms with Gasteiger partial charge >= 0.3 is 6.01 Å². The van der Waals surface area contributed by atoms with E-state index in [1.54, 1.807) is 0 Å². The van der Waals surface area contributed by atoms with Crippen LogP contribution in [-0.2, 0) is 11.3 Å². The monoisotopic (exact) mass is 282 g/mol. The van der Waals surface area contributed by atoms with Gasteiger partial charge < -0.3 is 19.4 Å². The summed E-state index contributed by atoms with van der Waals surface area (Å²) in [6, 6.07) is 0.621. The molecule has 2 heterocycles. The number of anilines is 1. The minimum Gasteiger partial charge on any atom is -0.407 e. The van der Waals surface area contributed by atoms with Crippen molar-refractivity contribution < 1.29 is 9.15 Å². The molecule has 1 aromatic heterocycles. The van der Waals surface area contributed by atoms with Crippen molar-refractivity contribution in [3.8, 4) is 0 Å². The van der Waals surface area contributed by atoms with Crippen molar-refractivity contribution in [2.75, 3.05) is 31.1 Å². The molecule has 1 aromatic rings. The van der Waals surface area contributed by atoms with Crippen LogP contribution >= 0.6 is 0 Å². The van der Waals surface area contributed by atoms with E-state index < -0.39 is 0 Å². The van der Waals surface area contributed by atoms with Crippen LogP contribution in [0.25, 0.3) is 0 Å². The summed E-state index contributed by atoms with van der Waals surface area (Å²) in [4.78, 5) is 2.13. The number of piperidine rings is 1. The standard InChI is InChI=1S/C14H26N4O2/c1-4-19-12-6-5-7-18(10-12)14-17-16-13(20-14)9-15-8-11(2)3/h11-12,15H,4-10H2,1-3H3. The first-order valence-electron chi connectivity index (χ1n) is 7.58.